The van der Waals surface area contributed by atoms with Crippen molar-refractivity contribution in [2.75, 3.05) is 6.61 Å². The van der Waals surface area contributed by atoms with Crippen molar-refractivity contribution in [3.8, 4) is 0 Å². The summed E-state index contributed by atoms with van der Waals surface area (Å²) in [6.07, 6.45) is 1.88. The molecule has 2 aromatic heterocycles. The molecule has 2 N–H and O–H groups in total. The van der Waals surface area contributed by atoms with Gasteiger partial charge in [-0.05, 0) is 43.0 Å². The number of benzene rings is 2. The number of hydrogen-bond acceptors (Lipinski definition) is 5. The molecule has 0 aliphatic carbocycles. The topological polar surface area (TPSA) is 101 Å². The zero-order chi connectivity index (χ0) is 24.0. The molecule has 0 spiro atoms. The zero-order valence-electron chi connectivity index (χ0n) is 19.2. The van der Waals surface area contributed by atoms with E-state index in [0.717, 1.165) is 28.4 Å². The highest BCUT2D eigenvalue weighted by Crippen LogP contribution is 2.37. The van der Waals surface area contributed by atoms with Crippen LogP contribution in [0.3, 0.4) is 0 Å². The van der Waals surface area contributed by atoms with E-state index in [0.29, 0.717) is 12.2 Å². The fourth-order valence-electron chi connectivity index (χ4n) is 4.84. The lowest BCUT2D eigenvalue weighted by molar-refractivity contribution is -0.138. The molecular weight excluding hydrogens is 432 g/mol. The molecule has 0 radical (unpaired) electrons. The van der Waals surface area contributed by atoms with Crippen LogP contribution < -0.4 is 16.9 Å². The van der Waals surface area contributed by atoms with Gasteiger partial charge in [-0.3, -0.25) is 9.59 Å². The van der Waals surface area contributed by atoms with Crippen LogP contribution in [0.1, 0.15) is 38.4 Å². The van der Waals surface area contributed by atoms with Crippen LogP contribution in [0.2, 0.25) is 0 Å². The molecule has 4 aromatic rings. The molecule has 1 atom stereocenters. The van der Waals surface area contributed by atoms with E-state index >= 15 is 0 Å². The van der Waals surface area contributed by atoms with Gasteiger partial charge in [0.15, 0.2) is 0 Å². The predicted molar refractivity (Wildman–Crippen MR) is 131 cm³/mol. The largest absolute Gasteiger partial charge is 0.462 e. The molecule has 0 amide bonds. The summed E-state index contributed by atoms with van der Waals surface area (Å²) in [5.41, 5.74) is 7.38. The normalized spacial score (nSPS) is 15.3. The minimum atomic E-state index is -0.895. The van der Waals surface area contributed by atoms with Gasteiger partial charge in [0, 0.05) is 17.8 Å². The molecule has 0 bridgehead atoms. The van der Waals surface area contributed by atoms with Crippen molar-refractivity contribution in [3.05, 3.63) is 86.6 Å². The highest BCUT2D eigenvalue weighted by Gasteiger charge is 2.40. The number of fused-ring (bicyclic) bond motifs is 3. The summed E-state index contributed by atoms with van der Waals surface area (Å²) in [5.74, 6) is -0.722. The standard InChI is InChI=1S/C26H26N4O4/c1-3-5-14-28-19-13-9-6-10-16(19)15-20(28)22-21(26(33)34-4-2)23(27)30-25(32)18-12-8-7-11-17(18)24(31)29(22)30/h6-13,15,22H,3-5,14,27H2,1-2H3. The van der Waals surface area contributed by atoms with Crippen molar-refractivity contribution in [1.82, 2.24) is 13.9 Å². The molecular formula is C26H26N4O4. The van der Waals surface area contributed by atoms with E-state index in [9.17, 15) is 14.4 Å². The Morgan fingerprint density at radius 3 is 2.38 bits per heavy atom. The Kier molecular flexibility index (Phi) is 5.36. The lowest BCUT2D eigenvalue weighted by atomic mass is 10.0. The molecule has 8 heteroatoms. The highest BCUT2D eigenvalue weighted by molar-refractivity contribution is 5.97. The summed E-state index contributed by atoms with van der Waals surface area (Å²) in [5, 5.41) is 1.51. The minimum Gasteiger partial charge on any atom is -0.462 e. The van der Waals surface area contributed by atoms with Crippen molar-refractivity contribution in [3.63, 3.8) is 0 Å². The number of nitrogens with zero attached hydrogens (tertiary/aromatic N) is 3. The highest BCUT2D eigenvalue weighted by atomic mass is 16.5. The van der Waals surface area contributed by atoms with E-state index in [1.54, 1.807) is 31.2 Å². The summed E-state index contributed by atoms with van der Waals surface area (Å²) >= 11 is 0. The third-order valence-electron chi connectivity index (χ3n) is 6.38. The van der Waals surface area contributed by atoms with Crippen molar-refractivity contribution >= 4 is 33.5 Å². The lowest BCUT2D eigenvalue weighted by Crippen LogP contribution is -2.38. The number of aromatic nitrogens is 3. The van der Waals surface area contributed by atoms with Crippen LogP contribution in [0.25, 0.3) is 27.5 Å². The van der Waals surface area contributed by atoms with E-state index in [4.69, 9.17) is 10.5 Å². The van der Waals surface area contributed by atoms with Crippen LogP contribution in [0.4, 0.5) is 0 Å². The quantitative estimate of drug-likeness (QED) is 0.447. The number of carbonyl (C=O) groups excluding carboxylic acids is 1. The maximum Gasteiger partial charge on any atom is 0.340 e. The smallest absolute Gasteiger partial charge is 0.340 e. The first-order valence-electron chi connectivity index (χ1n) is 11.5. The molecule has 3 heterocycles. The molecule has 174 valence electrons. The Labute approximate surface area is 195 Å². The van der Waals surface area contributed by atoms with Crippen LogP contribution in [0.5, 0.6) is 0 Å². The Balaban J connectivity index is 1.89. The van der Waals surface area contributed by atoms with Gasteiger partial charge in [-0.2, -0.15) is 4.68 Å². The van der Waals surface area contributed by atoms with Crippen LogP contribution in [-0.4, -0.2) is 26.5 Å². The molecule has 0 saturated heterocycles. The van der Waals surface area contributed by atoms with Gasteiger partial charge in [0.05, 0.1) is 17.4 Å². The summed E-state index contributed by atoms with van der Waals surface area (Å²) in [6.45, 7) is 4.65. The molecule has 5 rings (SSSR count). The van der Waals surface area contributed by atoms with Gasteiger partial charge in [-0.15, -0.1) is 0 Å². The van der Waals surface area contributed by atoms with Gasteiger partial charge in [-0.1, -0.05) is 43.7 Å². The van der Waals surface area contributed by atoms with Gasteiger partial charge < -0.3 is 15.0 Å². The molecule has 1 aliphatic rings. The monoisotopic (exact) mass is 458 g/mol. The van der Waals surface area contributed by atoms with Crippen LogP contribution in [0, 0.1) is 0 Å². The summed E-state index contributed by atoms with van der Waals surface area (Å²) < 4.78 is 9.88. The number of unbranched alkanes of at least 4 members (excludes halogenated alkanes) is 1. The van der Waals surface area contributed by atoms with E-state index in [1.807, 2.05) is 30.3 Å². The fourth-order valence-corrected chi connectivity index (χ4v) is 4.84. The van der Waals surface area contributed by atoms with Crippen LogP contribution in [-0.2, 0) is 16.1 Å². The third-order valence-corrected chi connectivity index (χ3v) is 6.38. The first-order chi connectivity index (χ1) is 16.5. The second-order valence-corrected chi connectivity index (χ2v) is 8.37. The average molecular weight is 459 g/mol. The Hall–Kier alpha value is -4.07. The SMILES string of the molecule is CCCCn1c(C2C(C(=O)OCC)=C(N)n3c(=O)c4ccccc4c(=O)n32)cc2ccccc21. The maximum atomic E-state index is 13.7. The average Bonchev–Trinajstić information content (AvgIpc) is 3.36. The van der Waals surface area contributed by atoms with E-state index < -0.39 is 23.1 Å². The van der Waals surface area contributed by atoms with Crippen LogP contribution in [0.15, 0.2) is 69.8 Å². The zero-order valence-corrected chi connectivity index (χ0v) is 19.2. The van der Waals surface area contributed by atoms with Crippen molar-refractivity contribution < 1.29 is 9.53 Å². The number of hydrogen-bond donors (Lipinski definition) is 1. The van der Waals surface area contributed by atoms with Crippen LogP contribution >= 0.6 is 0 Å². The van der Waals surface area contributed by atoms with Gasteiger partial charge >= 0.3 is 5.97 Å². The lowest BCUT2D eigenvalue weighted by Gasteiger charge is -2.20. The number of para-hydroxylation sites is 1. The van der Waals surface area contributed by atoms with E-state index in [2.05, 4.69) is 11.5 Å². The molecule has 34 heavy (non-hydrogen) atoms. The van der Waals surface area contributed by atoms with E-state index in [-0.39, 0.29) is 28.8 Å². The number of rotatable bonds is 6. The third kappa shape index (κ3) is 3.09. The van der Waals surface area contributed by atoms with Crippen molar-refractivity contribution in [2.45, 2.75) is 39.3 Å². The van der Waals surface area contributed by atoms with Crippen molar-refractivity contribution in [2.24, 2.45) is 5.73 Å². The number of carbonyl (C=O) groups is 1. The van der Waals surface area contributed by atoms with Gasteiger partial charge in [0.1, 0.15) is 17.4 Å². The second kappa shape index (κ2) is 8.37. The Morgan fingerprint density at radius 1 is 1.00 bits per heavy atom. The first kappa shape index (κ1) is 21.8. The van der Waals surface area contributed by atoms with Crippen molar-refractivity contribution in [1.29, 1.82) is 0 Å². The van der Waals surface area contributed by atoms with Gasteiger partial charge in [0.2, 0.25) is 0 Å². The Bertz CT molecular complexity index is 1590. The summed E-state index contributed by atoms with van der Waals surface area (Å²) in [6, 6.07) is 15.6. The fraction of sp³-hybridized carbons (Fsp3) is 0.269. The molecule has 0 fully saturated rings. The second-order valence-electron chi connectivity index (χ2n) is 8.37. The van der Waals surface area contributed by atoms with Gasteiger partial charge in [0.25, 0.3) is 11.1 Å². The maximum absolute atomic E-state index is 13.7. The number of nitrogens with two attached hydrogens (primary N) is 1. The number of esters is 1. The number of ether oxygens (including phenoxy) is 1. The molecule has 2 aromatic carbocycles. The van der Waals surface area contributed by atoms with E-state index in [1.165, 1.54) is 4.68 Å². The first-order valence-corrected chi connectivity index (χ1v) is 11.5. The summed E-state index contributed by atoms with van der Waals surface area (Å²) in [7, 11) is 0. The summed E-state index contributed by atoms with van der Waals surface area (Å²) in [4.78, 5) is 40.3. The molecule has 8 nitrogen and oxygen atoms in total. The Morgan fingerprint density at radius 2 is 1.68 bits per heavy atom. The minimum absolute atomic E-state index is 0.0800. The predicted octanol–water partition coefficient (Wildman–Crippen LogP) is 3.21. The molecule has 1 unspecified atom stereocenters. The van der Waals surface area contributed by atoms with Gasteiger partial charge in [-0.25, -0.2) is 9.48 Å². The number of aryl methyl sites for hydroxylation is 1. The molecule has 0 saturated carbocycles. The molecule has 1 aliphatic heterocycles.